The van der Waals surface area contributed by atoms with Gasteiger partial charge in [0.1, 0.15) is 23.4 Å². The second-order valence-corrected chi connectivity index (χ2v) is 8.19. The van der Waals surface area contributed by atoms with Gasteiger partial charge in [0.05, 0.1) is 19.2 Å². The van der Waals surface area contributed by atoms with Gasteiger partial charge in [-0.2, -0.15) is 0 Å². The molecule has 28 heavy (non-hydrogen) atoms. The molecular formula is C24H29NO3. The molecule has 1 atom stereocenters. The first-order chi connectivity index (χ1) is 13.6. The number of hydrogen-bond donors (Lipinski definition) is 0. The maximum Gasteiger partial charge on any atom is 0.133 e. The van der Waals surface area contributed by atoms with Gasteiger partial charge in [-0.05, 0) is 74.1 Å². The molecule has 1 aliphatic carbocycles. The summed E-state index contributed by atoms with van der Waals surface area (Å²) in [7, 11) is 0. The fraction of sp³-hybridized carbons (Fsp3) is 0.458. The summed E-state index contributed by atoms with van der Waals surface area (Å²) < 4.78 is 12.0. The van der Waals surface area contributed by atoms with E-state index in [4.69, 9.17) is 9.47 Å². The van der Waals surface area contributed by atoms with E-state index in [1.807, 2.05) is 12.1 Å². The monoisotopic (exact) mass is 379 g/mol. The van der Waals surface area contributed by atoms with E-state index < -0.39 is 0 Å². The minimum Gasteiger partial charge on any atom is -0.490 e. The van der Waals surface area contributed by atoms with Crippen LogP contribution in [0.25, 0.3) is 0 Å². The average Bonchev–Trinajstić information content (AvgIpc) is 2.61. The summed E-state index contributed by atoms with van der Waals surface area (Å²) in [4.78, 5) is 13.6. The highest BCUT2D eigenvalue weighted by atomic mass is 16.5. The van der Waals surface area contributed by atoms with Crippen molar-refractivity contribution < 1.29 is 14.3 Å². The number of benzene rings is 2. The largest absolute Gasteiger partial charge is 0.490 e. The fourth-order valence-electron chi connectivity index (χ4n) is 3.76. The van der Waals surface area contributed by atoms with E-state index in [0.29, 0.717) is 12.5 Å². The van der Waals surface area contributed by atoms with Crippen LogP contribution in [0, 0.1) is 0 Å². The molecule has 1 saturated carbocycles. The van der Waals surface area contributed by atoms with Gasteiger partial charge in [0, 0.05) is 12.1 Å². The van der Waals surface area contributed by atoms with Gasteiger partial charge in [0.2, 0.25) is 0 Å². The van der Waals surface area contributed by atoms with E-state index in [9.17, 15) is 4.79 Å². The number of rotatable bonds is 8. The van der Waals surface area contributed by atoms with Crippen LogP contribution >= 0.6 is 0 Å². The molecular weight excluding hydrogens is 350 g/mol. The van der Waals surface area contributed by atoms with Crippen molar-refractivity contribution in [1.29, 1.82) is 0 Å². The number of anilines is 1. The SMILES string of the molecule is CC(=O)CC(C)c1ccc(OC2CN(c3ccc(OC4CCC4)cc3)C2)cc1. The molecule has 4 heteroatoms. The maximum absolute atomic E-state index is 11.3. The van der Waals surface area contributed by atoms with Crippen LogP contribution in [-0.4, -0.2) is 31.1 Å². The quantitative estimate of drug-likeness (QED) is 0.649. The Bertz CT molecular complexity index is 790. The summed E-state index contributed by atoms with van der Waals surface area (Å²) in [6.45, 7) is 5.52. The predicted molar refractivity (Wildman–Crippen MR) is 111 cm³/mol. The van der Waals surface area contributed by atoms with Crippen molar-refractivity contribution >= 4 is 11.5 Å². The first-order valence-corrected chi connectivity index (χ1v) is 10.3. The van der Waals surface area contributed by atoms with E-state index in [0.717, 1.165) is 24.6 Å². The first kappa shape index (κ1) is 18.9. The molecule has 1 unspecified atom stereocenters. The van der Waals surface area contributed by atoms with Gasteiger partial charge in [-0.3, -0.25) is 0 Å². The summed E-state index contributed by atoms with van der Waals surface area (Å²) in [5.74, 6) is 2.35. The lowest BCUT2D eigenvalue weighted by molar-refractivity contribution is -0.117. The third-order valence-electron chi connectivity index (χ3n) is 5.75. The normalized spacial score (nSPS) is 18.1. The number of carbonyl (C=O) groups excluding carboxylic acids is 1. The fourth-order valence-corrected chi connectivity index (χ4v) is 3.76. The maximum atomic E-state index is 11.3. The molecule has 1 saturated heterocycles. The molecule has 2 aromatic rings. The number of Topliss-reactive ketones (excluding diaryl/α,β-unsaturated/α-hetero) is 1. The minimum atomic E-state index is 0.214. The Morgan fingerprint density at radius 2 is 1.54 bits per heavy atom. The number of ether oxygens (including phenoxy) is 2. The van der Waals surface area contributed by atoms with Crippen molar-refractivity contribution in [2.45, 2.75) is 57.7 Å². The highest BCUT2D eigenvalue weighted by Gasteiger charge is 2.29. The topological polar surface area (TPSA) is 38.8 Å². The molecule has 0 bridgehead atoms. The molecule has 2 aliphatic rings. The number of ketones is 1. The Labute approximate surface area is 167 Å². The van der Waals surface area contributed by atoms with Gasteiger partial charge in [-0.15, -0.1) is 0 Å². The highest BCUT2D eigenvalue weighted by molar-refractivity contribution is 5.76. The number of nitrogens with zero attached hydrogens (tertiary/aromatic N) is 1. The van der Waals surface area contributed by atoms with Crippen LogP contribution in [0.1, 0.15) is 51.0 Å². The van der Waals surface area contributed by atoms with Crippen LogP contribution in [0.2, 0.25) is 0 Å². The van der Waals surface area contributed by atoms with E-state index in [2.05, 4.69) is 48.2 Å². The van der Waals surface area contributed by atoms with Crippen LogP contribution in [0.4, 0.5) is 5.69 Å². The first-order valence-electron chi connectivity index (χ1n) is 10.3. The summed E-state index contributed by atoms with van der Waals surface area (Å²) in [5, 5.41) is 0. The van der Waals surface area contributed by atoms with Crippen molar-refractivity contribution in [2.24, 2.45) is 0 Å². The molecule has 0 spiro atoms. The van der Waals surface area contributed by atoms with Gasteiger partial charge in [0.15, 0.2) is 0 Å². The van der Waals surface area contributed by atoms with Crippen LogP contribution in [0.15, 0.2) is 48.5 Å². The molecule has 1 aliphatic heterocycles. The molecule has 2 fully saturated rings. The highest BCUT2D eigenvalue weighted by Crippen LogP contribution is 2.29. The molecule has 0 aromatic heterocycles. The van der Waals surface area contributed by atoms with Gasteiger partial charge >= 0.3 is 0 Å². The zero-order valence-electron chi connectivity index (χ0n) is 16.8. The molecule has 4 rings (SSSR count). The Hall–Kier alpha value is -2.49. The minimum absolute atomic E-state index is 0.214. The average molecular weight is 380 g/mol. The summed E-state index contributed by atoms with van der Waals surface area (Å²) >= 11 is 0. The number of carbonyl (C=O) groups is 1. The zero-order chi connectivity index (χ0) is 19.5. The van der Waals surface area contributed by atoms with Crippen molar-refractivity contribution in [2.75, 3.05) is 18.0 Å². The molecule has 1 heterocycles. The molecule has 4 nitrogen and oxygen atoms in total. The van der Waals surface area contributed by atoms with E-state index >= 15 is 0 Å². The van der Waals surface area contributed by atoms with E-state index in [1.54, 1.807) is 6.92 Å². The van der Waals surface area contributed by atoms with Crippen LogP contribution in [0.3, 0.4) is 0 Å². The lowest BCUT2D eigenvalue weighted by Crippen LogP contribution is -2.54. The van der Waals surface area contributed by atoms with Crippen molar-refractivity contribution in [3.63, 3.8) is 0 Å². The number of hydrogen-bond acceptors (Lipinski definition) is 4. The predicted octanol–water partition coefficient (Wildman–Crippen LogP) is 4.97. The standard InChI is InChI=1S/C24H29NO3/c1-17(14-18(2)26)19-6-10-22(11-7-19)28-24-15-25(16-24)20-8-12-23(13-9-20)27-21-4-3-5-21/h6-13,17,21,24H,3-5,14-16H2,1-2H3. The van der Waals surface area contributed by atoms with Crippen LogP contribution < -0.4 is 14.4 Å². The lowest BCUT2D eigenvalue weighted by atomic mass is 9.96. The van der Waals surface area contributed by atoms with E-state index in [1.165, 1.54) is 30.5 Å². The molecule has 0 radical (unpaired) electrons. The van der Waals surface area contributed by atoms with Crippen molar-refractivity contribution in [1.82, 2.24) is 0 Å². The molecule has 0 N–H and O–H groups in total. The Balaban J connectivity index is 1.24. The van der Waals surface area contributed by atoms with Gasteiger partial charge < -0.3 is 19.2 Å². The Kier molecular flexibility index (Phi) is 5.56. The third kappa shape index (κ3) is 4.49. The summed E-state index contributed by atoms with van der Waals surface area (Å²) in [6, 6.07) is 16.6. The van der Waals surface area contributed by atoms with Crippen LogP contribution in [0.5, 0.6) is 11.5 Å². The lowest BCUT2D eigenvalue weighted by Gasteiger charge is -2.40. The Morgan fingerprint density at radius 1 is 0.964 bits per heavy atom. The second kappa shape index (κ2) is 8.26. The molecule has 0 amide bonds. The van der Waals surface area contributed by atoms with Crippen molar-refractivity contribution in [3.8, 4) is 11.5 Å². The Morgan fingerprint density at radius 3 is 2.07 bits per heavy atom. The smallest absolute Gasteiger partial charge is 0.133 e. The van der Waals surface area contributed by atoms with Crippen molar-refractivity contribution in [3.05, 3.63) is 54.1 Å². The second-order valence-electron chi connectivity index (χ2n) is 8.19. The third-order valence-corrected chi connectivity index (χ3v) is 5.75. The summed E-state index contributed by atoms with van der Waals surface area (Å²) in [5.41, 5.74) is 2.40. The molecule has 148 valence electrons. The zero-order valence-corrected chi connectivity index (χ0v) is 16.8. The molecule has 2 aromatic carbocycles. The summed E-state index contributed by atoms with van der Waals surface area (Å²) in [6.07, 6.45) is 4.88. The van der Waals surface area contributed by atoms with Gasteiger partial charge in [-0.25, -0.2) is 0 Å². The van der Waals surface area contributed by atoms with Crippen LogP contribution in [-0.2, 0) is 4.79 Å². The van der Waals surface area contributed by atoms with Gasteiger partial charge in [-0.1, -0.05) is 19.1 Å². The van der Waals surface area contributed by atoms with Gasteiger partial charge in [0.25, 0.3) is 0 Å². The van der Waals surface area contributed by atoms with E-state index in [-0.39, 0.29) is 17.8 Å².